The zero-order valence-electron chi connectivity index (χ0n) is 18.6. The molecule has 1 aromatic heterocycles. The predicted octanol–water partition coefficient (Wildman–Crippen LogP) is 6.95. The van der Waals surface area contributed by atoms with Gasteiger partial charge in [0.05, 0.1) is 5.52 Å². The highest BCUT2D eigenvalue weighted by molar-refractivity contribution is 5.85. The molecular weight excluding hydrogens is 389 g/mol. The zero-order valence-corrected chi connectivity index (χ0v) is 18.6. The molecule has 31 heavy (non-hydrogen) atoms. The van der Waals surface area contributed by atoms with Gasteiger partial charge in [-0.25, -0.2) is 4.39 Å². The van der Waals surface area contributed by atoms with E-state index < -0.39 is 0 Å². The third-order valence-electron chi connectivity index (χ3n) is 6.51. The lowest BCUT2D eigenvalue weighted by molar-refractivity contribution is -0.117. The van der Waals surface area contributed by atoms with Gasteiger partial charge in [0.2, 0.25) is 0 Å². The van der Waals surface area contributed by atoms with Crippen molar-refractivity contribution in [3.05, 3.63) is 65.1 Å². The van der Waals surface area contributed by atoms with E-state index in [2.05, 4.69) is 23.6 Å². The van der Waals surface area contributed by atoms with E-state index in [-0.39, 0.29) is 11.6 Å². The van der Waals surface area contributed by atoms with Gasteiger partial charge < -0.3 is 9.30 Å². The topological polar surface area (TPSA) is 31.2 Å². The molecule has 0 atom stereocenters. The fraction of sp³-hybridized carbons (Fsp3) is 0.444. The average molecular weight is 422 g/mol. The maximum absolute atomic E-state index is 14.7. The molecule has 1 aliphatic rings. The Morgan fingerprint density at radius 1 is 1.13 bits per heavy atom. The molecule has 0 saturated heterocycles. The maximum Gasteiger partial charge on any atom is 0.131 e. The minimum absolute atomic E-state index is 0.0970. The lowest BCUT2D eigenvalue weighted by atomic mass is 9.83. The normalized spacial score (nSPS) is 14.8. The van der Waals surface area contributed by atoms with E-state index >= 15 is 0 Å². The van der Waals surface area contributed by atoms with Crippen molar-refractivity contribution in [1.29, 1.82) is 0 Å². The summed E-state index contributed by atoms with van der Waals surface area (Å²) in [6.45, 7) is 4.79. The zero-order chi connectivity index (χ0) is 21.8. The Kier molecular flexibility index (Phi) is 6.74. The maximum atomic E-state index is 14.7. The van der Waals surface area contributed by atoms with Gasteiger partial charge in [-0.05, 0) is 73.1 Å². The number of aromatic nitrogens is 1. The highest BCUT2D eigenvalue weighted by Crippen LogP contribution is 2.34. The summed E-state index contributed by atoms with van der Waals surface area (Å²) in [5.74, 6) is 1.26. The van der Waals surface area contributed by atoms with Crippen molar-refractivity contribution in [2.24, 2.45) is 0 Å². The molecular formula is C27H32FNO2. The first-order chi connectivity index (χ1) is 15.0. The summed E-state index contributed by atoms with van der Waals surface area (Å²) < 4.78 is 22.9. The van der Waals surface area contributed by atoms with Crippen molar-refractivity contribution >= 4 is 16.7 Å². The molecule has 164 valence electrons. The molecule has 0 aliphatic heterocycles. The molecule has 2 aromatic carbocycles. The molecule has 0 N–H and O–H groups in total. The van der Waals surface area contributed by atoms with E-state index in [9.17, 15) is 9.18 Å². The van der Waals surface area contributed by atoms with Gasteiger partial charge in [0.15, 0.2) is 0 Å². The molecule has 0 radical (unpaired) electrons. The summed E-state index contributed by atoms with van der Waals surface area (Å²) in [5, 5.41) is 1.11. The van der Waals surface area contributed by atoms with E-state index in [0.717, 1.165) is 41.5 Å². The highest BCUT2D eigenvalue weighted by atomic mass is 19.1. The van der Waals surface area contributed by atoms with Gasteiger partial charge in [-0.1, -0.05) is 38.3 Å². The first kappa shape index (κ1) is 21.6. The molecule has 0 spiro atoms. The number of carbonyl (C=O) groups is 1. The van der Waals surface area contributed by atoms with E-state index in [0.29, 0.717) is 25.5 Å². The smallest absolute Gasteiger partial charge is 0.131 e. The SMILES string of the molecule is CCc1cc(OCc2ccc(C3CCCCC3)c(F)c2)cc2ccn(CCC(C)=O)c12. The van der Waals surface area contributed by atoms with Crippen molar-refractivity contribution in [2.75, 3.05) is 0 Å². The molecule has 0 bridgehead atoms. The number of Topliss-reactive ketones (excluding diaryl/α,β-unsaturated/α-hetero) is 1. The van der Waals surface area contributed by atoms with Crippen LogP contribution in [-0.2, 0) is 24.4 Å². The van der Waals surface area contributed by atoms with E-state index in [4.69, 9.17) is 4.74 Å². The van der Waals surface area contributed by atoms with E-state index in [1.807, 2.05) is 24.4 Å². The van der Waals surface area contributed by atoms with Gasteiger partial charge in [-0.15, -0.1) is 0 Å². The Balaban J connectivity index is 1.48. The van der Waals surface area contributed by atoms with Crippen molar-refractivity contribution in [2.45, 2.75) is 77.9 Å². The summed E-state index contributed by atoms with van der Waals surface area (Å²) in [5.41, 5.74) is 4.08. The van der Waals surface area contributed by atoms with Crippen LogP contribution in [0.25, 0.3) is 10.9 Å². The highest BCUT2D eigenvalue weighted by Gasteiger charge is 2.19. The molecule has 3 aromatic rings. The monoisotopic (exact) mass is 421 g/mol. The van der Waals surface area contributed by atoms with E-state index in [1.165, 1.54) is 30.3 Å². The van der Waals surface area contributed by atoms with Gasteiger partial charge in [0.25, 0.3) is 0 Å². The lowest BCUT2D eigenvalue weighted by Crippen LogP contribution is -2.07. The van der Waals surface area contributed by atoms with Gasteiger partial charge in [-0.3, -0.25) is 4.79 Å². The standard InChI is InChI=1S/C27H32FNO2/c1-3-21-16-24(17-23-12-14-29(27(21)23)13-11-19(2)30)31-18-20-9-10-25(26(28)15-20)22-7-5-4-6-8-22/h9-10,12,14-17,22H,3-8,11,13,18H2,1-2H3. The number of hydrogen-bond acceptors (Lipinski definition) is 2. The third-order valence-corrected chi connectivity index (χ3v) is 6.51. The van der Waals surface area contributed by atoms with Crippen molar-refractivity contribution < 1.29 is 13.9 Å². The van der Waals surface area contributed by atoms with Crippen LogP contribution in [0.1, 0.15) is 75.0 Å². The largest absolute Gasteiger partial charge is 0.489 e. The third kappa shape index (κ3) is 5.00. The summed E-state index contributed by atoms with van der Waals surface area (Å²) in [4.78, 5) is 11.4. The van der Waals surface area contributed by atoms with Crippen molar-refractivity contribution in [3.8, 4) is 5.75 Å². The first-order valence-corrected chi connectivity index (χ1v) is 11.6. The average Bonchev–Trinajstić information content (AvgIpc) is 3.19. The molecule has 1 heterocycles. The quantitative estimate of drug-likeness (QED) is 0.394. The number of halogens is 1. The fourth-order valence-electron chi connectivity index (χ4n) is 4.80. The minimum atomic E-state index is -0.0970. The number of carbonyl (C=O) groups excluding carboxylic acids is 1. The summed E-state index contributed by atoms with van der Waals surface area (Å²) in [6, 6.07) is 11.8. The van der Waals surface area contributed by atoms with Crippen LogP contribution in [0, 0.1) is 5.82 Å². The predicted molar refractivity (Wildman–Crippen MR) is 123 cm³/mol. The number of nitrogens with zero attached hydrogens (tertiary/aromatic N) is 1. The van der Waals surface area contributed by atoms with Crippen LogP contribution in [-0.4, -0.2) is 10.4 Å². The second-order valence-electron chi connectivity index (χ2n) is 8.81. The molecule has 3 nitrogen and oxygen atoms in total. The number of ketones is 1. The van der Waals surface area contributed by atoms with Gasteiger partial charge >= 0.3 is 0 Å². The van der Waals surface area contributed by atoms with Crippen LogP contribution in [0.4, 0.5) is 4.39 Å². The van der Waals surface area contributed by atoms with Crippen LogP contribution in [0.3, 0.4) is 0 Å². The van der Waals surface area contributed by atoms with Crippen LogP contribution in [0.2, 0.25) is 0 Å². The Labute approximate surface area is 184 Å². The molecule has 1 saturated carbocycles. The van der Waals surface area contributed by atoms with Crippen LogP contribution in [0.15, 0.2) is 42.6 Å². The molecule has 0 unspecified atom stereocenters. The molecule has 4 rings (SSSR count). The Morgan fingerprint density at radius 3 is 2.65 bits per heavy atom. The van der Waals surface area contributed by atoms with Crippen molar-refractivity contribution in [3.63, 3.8) is 0 Å². The summed E-state index contributed by atoms with van der Waals surface area (Å²) in [7, 11) is 0. The molecule has 0 amide bonds. The van der Waals surface area contributed by atoms with Crippen LogP contribution >= 0.6 is 0 Å². The van der Waals surface area contributed by atoms with Crippen LogP contribution in [0.5, 0.6) is 5.75 Å². The number of rotatable bonds is 8. The summed E-state index contributed by atoms with van der Waals surface area (Å²) >= 11 is 0. The fourth-order valence-corrected chi connectivity index (χ4v) is 4.80. The summed E-state index contributed by atoms with van der Waals surface area (Å²) in [6.07, 6.45) is 9.32. The Hall–Kier alpha value is -2.62. The van der Waals surface area contributed by atoms with Gasteiger partial charge in [0, 0.05) is 24.5 Å². The molecule has 1 aliphatic carbocycles. The Bertz CT molecular complexity index is 1060. The second-order valence-corrected chi connectivity index (χ2v) is 8.81. The van der Waals surface area contributed by atoms with Crippen LogP contribution < -0.4 is 4.74 Å². The number of aryl methyl sites for hydroxylation is 2. The first-order valence-electron chi connectivity index (χ1n) is 11.6. The second kappa shape index (κ2) is 9.67. The number of hydrogen-bond donors (Lipinski definition) is 0. The number of ether oxygens (including phenoxy) is 1. The van der Waals surface area contributed by atoms with E-state index in [1.54, 1.807) is 13.0 Å². The Morgan fingerprint density at radius 2 is 1.94 bits per heavy atom. The van der Waals surface area contributed by atoms with Gasteiger partial charge in [0.1, 0.15) is 24.0 Å². The van der Waals surface area contributed by atoms with Crippen molar-refractivity contribution in [1.82, 2.24) is 4.57 Å². The number of fused-ring (bicyclic) bond motifs is 1. The lowest BCUT2D eigenvalue weighted by Gasteiger charge is -2.22. The van der Waals surface area contributed by atoms with Gasteiger partial charge in [-0.2, -0.15) is 0 Å². The molecule has 1 fully saturated rings. The molecule has 4 heteroatoms. The minimum Gasteiger partial charge on any atom is -0.489 e. The number of benzene rings is 2.